The molecule has 0 aliphatic carbocycles. The predicted octanol–water partition coefficient (Wildman–Crippen LogP) is 4.43. The maximum atomic E-state index is 12.6. The van der Waals surface area contributed by atoms with Crippen molar-refractivity contribution in [3.8, 4) is 11.5 Å². The number of anilines is 1. The number of aryl methyl sites for hydroxylation is 1. The third-order valence-electron chi connectivity index (χ3n) is 5.03. The smallest absolute Gasteiger partial charge is 0.238 e. The normalized spacial score (nSPS) is 12.9. The van der Waals surface area contributed by atoms with Crippen LogP contribution in [-0.4, -0.2) is 42.1 Å². The highest BCUT2D eigenvalue weighted by Gasteiger charge is 2.16. The summed E-state index contributed by atoms with van der Waals surface area (Å²) in [4.78, 5) is 19.1. The van der Waals surface area contributed by atoms with Crippen LogP contribution in [0.1, 0.15) is 18.1 Å². The van der Waals surface area contributed by atoms with E-state index in [1.54, 1.807) is 6.07 Å². The van der Waals surface area contributed by atoms with Crippen LogP contribution in [0.2, 0.25) is 5.15 Å². The second-order valence-electron chi connectivity index (χ2n) is 7.34. The number of amides is 1. The zero-order valence-electron chi connectivity index (χ0n) is 17.1. The molecule has 1 aromatic heterocycles. The number of nitrogens with zero attached hydrogens (tertiary/aromatic N) is 2. The fourth-order valence-electron chi connectivity index (χ4n) is 3.45. The van der Waals surface area contributed by atoms with E-state index in [2.05, 4.69) is 16.4 Å². The minimum Gasteiger partial charge on any atom is -0.486 e. The van der Waals surface area contributed by atoms with Crippen molar-refractivity contribution in [3.63, 3.8) is 0 Å². The first kappa shape index (κ1) is 20.4. The van der Waals surface area contributed by atoms with Crippen LogP contribution in [0.3, 0.4) is 0 Å². The molecule has 156 valence electrons. The van der Waals surface area contributed by atoms with Crippen LogP contribution < -0.4 is 14.8 Å². The van der Waals surface area contributed by atoms with Crippen LogP contribution in [0.25, 0.3) is 10.9 Å². The van der Waals surface area contributed by atoms with Gasteiger partial charge in [0.05, 0.1) is 12.1 Å². The first-order valence-electron chi connectivity index (χ1n) is 9.99. The summed E-state index contributed by atoms with van der Waals surface area (Å²) >= 11 is 6.43. The number of hydrogen-bond donors (Lipinski definition) is 1. The lowest BCUT2D eigenvalue weighted by atomic mass is 10.1. The molecule has 30 heavy (non-hydrogen) atoms. The number of rotatable bonds is 6. The second kappa shape index (κ2) is 8.90. The summed E-state index contributed by atoms with van der Waals surface area (Å²) in [6.45, 7) is 6.58. The minimum atomic E-state index is -0.103. The van der Waals surface area contributed by atoms with Crippen LogP contribution in [-0.2, 0) is 11.3 Å². The maximum Gasteiger partial charge on any atom is 0.238 e. The Morgan fingerprint density at radius 2 is 1.93 bits per heavy atom. The third kappa shape index (κ3) is 4.66. The number of halogens is 1. The van der Waals surface area contributed by atoms with Gasteiger partial charge >= 0.3 is 0 Å². The average molecular weight is 426 g/mol. The average Bonchev–Trinajstić information content (AvgIpc) is 2.73. The van der Waals surface area contributed by atoms with Gasteiger partial charge in [-0.05, 0) is 43.3 Å². The number of pyridine rings is 1. The highest BCUT2D eigenvalue weighted by Crippen LogP contribution is 2.32. The molecule has 0 saturated carbocycles. The highest BCUT2D eigenvalue weighted by molar-refractivity contribution is 6.30. The molecule has 0 unspecified atom stereocenters. The van der Waals surface area contributed by atoms with Crippen LogP contribution in [0.4, 0.5) is 5.69 Å². The van der Waals surface area contributed by atoms with E-state index in [1.165, 1.54) is 0 Å². The van der Waals surface area contributed by atoms with E-state index in [0.717, 1.165) is 22.0 Å². The van der Waals surface area contributed by atoms with Gasteiger partial charge in [0, 0.05) is 29.2 Å². The maximum absolute atomic E-state index is 12.6. The molecule has 2 aromatic carbocycles. The van der Waals surface area contributed by atoms with Crippen LogP contribution in [0.15, 0.2) is 42.5 Å². The number of nitrogens with one attached hydrogen (secondary N) is 1. The predicted molar refractivity (Wildman–Crippen MR) is 119 cm³/mol. The Labute approximate surface area is 180 Å². The fraction of sp³-hybridized carbons (Fsp3) is 0.304. The molecule has 0 radical (unpaired) electrons. The van der Waals surface area contributed by atoms with Crippen molar-refractivity contribution in [2.45, 2.75) is 20.4 Å². The van der Waals surface area contributed by atoms with Gasteiger partial charge in [0.1, 0.15) is 18.4 Å². The molecular formula is C23H24ClN3O3. The lowest BCUT2D eigenvalue weighted by Gasteiger charge is -2.21. The molecule has 1 aliphatic rings. The summed E-state index contributed by atoms with van der Waals surface area (Å²) in [5.41, 5.74) is 3.61. The van der Waals surface area contributed by atoms with E-state index in [9.17, 15) is 4.79 Å². The van der Waals surface area contributed by atoms with Crippen molar-refractivity contribution in [2.24, 2.45) is 0 Å². The van der Waals surface area contributed by atoms with E-state index >= 15 is 0 Å². The molecule has 2 heterocycles. The van der Waals surface area contributed by atoms with Gasteiger partial charge in [0.25, 0.3) is 0 Å². The number of benzene rings is 2. The van der Waals surface area contributed by atoms with Crippen molar-refractivity contribution in [1.82, 2.24) is 9.88 Å². The molecule has 1 amide bonds. The Hall–Kier alpha value is -2.83. The van der Waals surface area contributed by atoms with E-state index in [0.29, 0.717) is 48.6 Å². The lowest BCUT2D eigenvalue weighted by molar-refractivity contribution is -0.117. The van der Waals surface area contributed by atoms with Crippen LogP contribution in [0.5, 0.6) is 11.5 Å². The summed E-state index contributed by atoms with van der Waals surface area (Å²) < 4.78 is 11.1. The van der Waals surface area contributed by atoms with Crippen LogP contribution >= 0.6 is 11.6 Å². The summed E-state index contributed by atoms with van der Waals surface area (Å²) in [5, 5.41) is 4.44. The fourth-order valence-corrected chi connectivity index (χ4v) is 3.66. The first-order chi connectivity index (χ1) is 14.5. The molecule has 0 fully saturated rings. The Morgan fingerprint density at radius 3 is 2.73 bits per heavy atom. The van der Waals surface area contributed by atoms with Gasteiger partial charge in [-0.15, -0.1) is 0 Å². The quantitative estimate of drug-likeness (QED) is 0.592. The van der Waals surface area contributed by atoms with Gasteiger partial charge < -0.3 is 14.8 Å². The summed E-state index contributed by atoms with van der Waals surface area (Å²) in [6.07, 6.45) is 0. The van der Waals surface area contributed by atoms with Gasteiger partial charge in [-0.25, -0.2) is 4.98 Å². The SMILES string of the molecule is CCN(CC(=O)Nc1ccc2c(c1)OCCO2)Cc1cc2ccc(C)cc2nc1Cl. The summed E-state index contributed by atoms with van der Waals surface area (Å²) in [7, 11) is 0. The van der Waals surface area contributed by atoms with Crippen molar-refractivity contribution < 1.29 is 14.3 Å². The standard InChI is InChI=1S/C23H24ClN3O3/c1-3-27(13-17-11-16-5-4-15(2)10-19(16)26-23(17)24)14-22(28)25-18-6-7-20-21(12-18)30-9-8-29-20/h4-7,10-12H,3,8-9,13-14H2,1-2H3,(H,25,28). The molecular weight excluding hydrogens is 402 g/mol. The number of carbonyl (C=O) groups excluding carboxylic acids is 1. The molecule has 1 N–H and O–H groups in total. The molecule has 0 atom stereocenters. The number of likely N-dealkylation sites (N-methyl/N-ethyl adjacent to an activating group) is 1. The zero-order valence-corrected chi connectivity index (χ0v) is 17.8. The topological polar surface area (TPSA) is 63.7 Å². The first-order valence-corrected chi connectivity index (χ1v) is 10.4. The number of carbonyl (C=O) groups is 1. The van der Waals surface area contributed by atoms with Crippen molar-refractivity contribution in [1.29, 1.82) is 0 Å². The van der Waals surface area contributed by atoms with E-state index in [1.807, 2.05) is 49.1 Å². The van der Waals surface area contributed by atoms with Gasteiger partial charge in [0.2, 0.25) is 5.91 Å². The van der Waals surface area contributed by atoms with Crippen molar-refractivity contribution in [3.05, 3.63) is 58.7 Å². The Bertz CT molecular complexity index is 1090. The Kier molecular flexibility index (Phi) is 6.06. The number of hydrogen-bond acceptors (Lipinski definition) is 5. The number of ether oxygens (including phenoxy) is 2. The van der Waals surface area contributed by atoms with Gasteiger partial charge in [-0.3, -0.25) is 9.69 Å². The highest BCUT2D eigenvalue weighted by atomic mass is 35.5. The van der Waals surface area contributed by atoms with Crippen molar-refractivity contribution in [2.75, 3.05) is 31.6 Å². The van der Waals surface area contributed by atoms with E-state index < -0.39 is 0 Å². The van der Waals surface area contributed by atoms with Gasteiger partial charge in [0.15, 0.2) is 11.5 Å². The molecule has 0 bridgehead atoms. The summed E-state index contributed by atoms with van der Waals surface area (Å²) in [5.74, 6) is 1.24. The lowest BCUT2D eigenvalue weighted by Crippen LogP contribution is -2.33. The number of aromatic nitrogens is 1. The molecule has 0 spiro atoms. The van der Waals surface area contributed by atoms with Crippen LogP contribution in [0, 0.1) is 6.92 Å². The minimum absolute atomic E-state index is 0.103. The molecule has 3 aromatic rings. The van der Waals surface area contributed by atoms with Gasteiger partial charge in [-0.1, -0.05) is 30.7 Å². The molecule has 1 aliphatic heterocycles. The third-order valence-corrected chi connectivity index (χ3v) is 5.36. The zero-order chi connectivity index (χ0) is 21.1. The molecule has 0 saturated heterocycles. The Balaban J connectivity index is 1.43. The molecule has 6 nitrogen and oxygen atoms in total. The summed E-state index contributed by atoms with van der Waals surface area (Å²) in [6, 6.07) is 13.6. The Morgan fingerprint density at radius 1 is 1.13 bits per heavy atom. The largest absolute Gasteiger partial charge is 0.486 e. The second-order valence-corrected chi connectivity index (χ2v) is 7.70. The van der Waals surface area contributed by atoms with E-state index in [-0.39, 0.29) is 12.5 Å². The molecule has 7 heteroatoms. The van der Waals surface area contributed by atoms with E-state index in [4.69, 9.17) is 21.1 Å². The molecule has 4 rings (SSSR count). The number of fused-ring (bicyclic) bond motifs is 2. The van der Waals surface area contributed by atoms with Crippen molar-refractivity contribution >= 4 is 34.1 Å². The monoisotopic (exact) mass is 425 g/mol. The van der Waals surface area contributed by atoms with Gasteiger partial charge in [-0.2, -0.15) is 0 Å².